The Bertz CT molecular complexity index is 507. The number of carbonyl (C=O) groups excluding carboxylic acids is 1. The van der Waals surface area contributed by atoms with Gasteiger partial charge >= 0.3 is 5.97 Å². The Kier molecular flexibility index (Phi) is 4.67. The third-order valence-electron chi connectivity index (χ3n) is 2.09. The molecule has 0 unspecified atom stereocenters. The average molecular weight is 276 g/mol. The highest BCUT2D eigenvalue weighted by molar-refractivity contribution is 5.88. The molecule has 1 aromatic rings. The maximum absolute atomic E-state index is 12.8. The zero-order valence-electron chi connectivity index (χ0n) is 10.1. The first-order valence-corrected chi connectivity index (χ1v) is 5.10. The van der Waals surface area contributed by atoms with Crippen molar-refractivity contribution in [2.45, 2.75) is 13.3 Å². The normalized spacial score (nSPS) is 10.4. The van der Waals surface area contributed by atoms with Crippen molar-refractivity contribution < 1.29 is 28.0 Å². The number of hydrogen-bond acceptors (Lipinski definition) is 6. The molecular formula is C10H10F2N2O5. The highest BCUT2D eigenvalue weighted by Crippen LogP contribution is 2.36. The lowest BCUT2D eigenvalue weighted by molar-refractivity contribution is -0.386. The first-order chi connectivity index (χ1) is 8.92. The minimum Gasteiger partial charge on any atom is -0.480 e. The molecule has 1 heterocycles. The Morgan fingerprint density at radius 1 is 1.58 bits per heavy atom. The largest absolute Gasteiger partial charge is 0.480 e. The molecule has 0 aliphatic carbocycles. The number of halogens is 2. The summed E-state index contributed by atoms with van der Waals surface area (Å²) < 4.78 is 34.7. The summed E-state index contributed by atoms with van der Waals surface area (Å²) in [4.78, 5) is 24.6. The molecule has 0 saturated heterocycles. The SMILES string of the molecule is CCOC(=O)c1cc([N+](=O)[O-])c(C(F)F)c(OC)n1. The van der Waals surface area contributed by atoms with Gasteiger partial charge in [0.1, 0.15) is 0 Å². The van der Waals surface area contributed by atoms with Crippen LogP contribution in [0, 0.1) is 10.1 Å². The molecular weight excluding hydrogens is 266 g/mol. The molecule has 0 N–H and O–H groups in total. The molecule has 0 amide bonds. The van der Waals surface area contributed by atoms with Crippen molar-refractivity contribution in [3.05, 3.63) is 27.4 Å². The first kappa shape index (κ1) is 14.7. The first-order valence-electron chi connectivity index (χ1n) is 5.10. The van der Waals surface area contributed by atoms with Crippen LogP contribution in [0.4, 0.5) is 14.5 Å². The smallest absolute Gasteiger partial charge is 0.357 e. The number of methoxy groups -OCH3 is 1. The highest BCUT2D eigenvalue weighted by atomic mass is 19.3. The van der Waals surface area contributed by atoms with E-state index in [1.165, 1.54) is 6.92 Å². The van der Waals surface area contributed by atoms with E-state index in [4.69, 9.17) is 0 Å². The van der Waals surface area contributed by atoms with E-state index in [0.717, 1.165) is 7.11 Å². The van der Waals surface area contributed by atoms with Crippen molar-refractivity contribution in [2.75, 3.05) is 13.7 Å². The molecule has 0 atom stereocenters. The monoisotopic (exact) mass is 276 g/mol. The van der Waals surface area contributed by atoms with Gasteiger partial charge in [0.25, 0.3) is 12.1 Å². The summed E-state index contributed by atoms with van der Waals surface area (Å²) in [6, 6.07) is 0.641. The van der Waals surface area contributed by atoms with Crippen LogP contribution in [0.2, 0.25) is 0 Å². The Labute approximate surface area is 106 Å². The van der Waals surface area contributed by atoms with Crippen LogP contribution >= 0.6 is 0 Å². The van der Waals surface area contributed by atoms with Crippen LogP contribution in [0.5, 0.6) is 5.88 Å². The molecule has 0 bridgehead atoms. The average Bonchev–Trinajstić information content (AvgIpc) is 2.36. The van der Waals surface area contributed by atoms with Crippen LogP contribution in [0.1, 0.15) is 29.4 Å². The summed E-state index contributed by atoms with van der Waals surface area (Å²) in [6.45, 7) is 1.55. The van der Waals surface area contributed by atoms with Crippen LogP contribution in [0.15, 0.2) is 6.07 Å². The zero-order chi connectivity index (χ0) is 14.6. The maximum Gasteiger partial charge on any atom is 0.357 e. The van der Waals surface area contributed by atoms with E-state index >= 15 is 0 Å². The number of ether oxygens (including phenoxy) is 2. The fraction of sp³-hybridized carbons (Fsp3) is 0.400. The molecule has 0 fully saturated rings. The van der Waals surface area contributed by atoms with Crippen LogP contribution in [0.3, 0.4) is 0 Å². The van der Waals surface area contributed by atoms with E-state index in [2.05, 4.69) is 14.5 Å². The zero-order valence-corrected chi connectivity index (χ0v) is 10.1. The lowest BCUT2D eigenvalue weighted by atomic mass is 10.2. The second-order valence-electron chi connectivity index (χ2n) is 3.23. The lowest BCUT2D eigenvalue weighted by Crippen LogP contribution is -2.11. The quantitative estimate of drug-likeness (QED) is 0.464. The van der Waals surface area contributed by atoms with E-state index in [0.29, 0.717) is 6.07 Å². The summed E-state index contributed by atoms with van der Waals surface area (Å²) in [5.41, 5.74) is -2.37. The second-order valence-corrected chi connectivity index (χ2v) is 3.23. The molecule has 0 aliphatic rings. The van der Waals surface area contributed by atoms with Gasteiger partial charge in [-0.3, -0.25) is 10.1 Å². The number of hydrogen-bond donors (Lipinski definition) is 0. The number of alkyl halides is 2. The molecule has 9 heteroatoms. The van der Waals surface area contributed by atoms with Gasteiger partial charge in [-0.15, -0.1) is 0 Å². The maximum atomic E-state index is 12.8. The molecule has 19 heavy (non-hydrogen) atoms. The standard InChI is InChI=1S/C10H10F2N2O5/c1-3-19-10(15)5-4-6(14(16)17)7(8(11)12)9(13-5)18-2/h4,8H,3H2,1-2H3. The van der Waals surface area contributed by atoms with Crippen molar-refractivity contribution in [3.63, 3.8) is 0 Å². The van der Waals surface area contributed by atoms with Gasteiger partial charge in [-0.2, -0.15) is 0 Å². The van der Waals surface area contributed by atoms with Crippen molar-refractivity contribution in [3.8, 4) is 5.88 Å². The molecule has 0 spiro atoms. The van der Waals surface area contributed by atoms with Gasteiger partial charge in [-0.1, -0.05) is 0 Å². The van der Waals surface area contributed by atoms with Gasteiger partial charge in [-0.25, -0.2) is 18.6 Å². The predicted octanol–water partition coefficient (Wildman–Crippen LogP) is 2.11. The van der Waals surface area contributed by atoms with Gasteiger partial charge in [-0.05, 0) is 6.92 Å². The van der Waals surface area contributed by atoms with Gasteiger partial charge in [0.15, 0.2) is 11.3 Å². The Balaban J connectivity index is 3.44. The summed E-state index contributed by atoms with van der Waals surface area (Å²) in [5.74, 6) is -1.63. The molecule has 0 saturated carbocycles. The molecule has 104 valence electrons. The van der Waals surface area contributed by atoms with Crippen molar-refractivity contribution >= 4 is 11.7 Å². The minimum absolute atomic E-state index is 0.0211. The van der Waals surface area contributed by atoms with Crippen molar-refractivity contribution in [1.82, 2.24) is 4.98 Å². The Morgan fingerprint density at radius 2 is 2.21 bits per heavy atom. The summed E-state index contributed by atoms with van der Waals surface area (Å²) in [5, 5.41) is 10.8. The molecule has 1 rings (SSSR count). The van der Waals surface area contributed by atoms with Gasteiger partial charge in [0.2, 0.25) is 5.88 Å². The number of carbonyl (C=O) groups is 1. The number of nitro groups is 1. The summed E-state index contributed by atoms with van der Waals surface area (Å²) in [7, 11) is 1.02. The topological polar surface area (TPSA) is 91.6 Å². The van der Waals surface area contributed by atoms with Crippen molar-refractivity contribution in [1.29, 1.82) is 0 Å². The third kappa shape index (κ3) is 3.12. The van der Waals surface area contributed by atoms with E-state index in [1.807, 2.05) is 0 Å². The van der Waals surface area contributed by atoms with Crippen LogP contribution in [-0.4, -0.2) is 29.6 Å². The predicted molar refractivity (Wildman–Crippen MR) is 58.4 cm³/mol. The fourth-order valence-electron chi connectivity index (χ4n) is 1.34. The number of pyridine rings is 1. The van der Waals surface area contributed by atoms with Crippen LogP contribution in [0.25, 0.3) is 0 Å². The fourth-order valence-corrected chi connectivity index (χ4v) is 1.34. The molecule has 1 aromatic heterocycles. The number of esters is 1. The van der Waals surface area contributed by atoms with Gasteiger partial charge in [0, 0.05) is 6.07 Å². The summed E-state index contributed by atoms with van der Waals surface area (Å²) >= 11 is 0. The lowest BCUT2D eigenvalue weighted by Gasteiger charge is -2.09. The van der Waals surface area contributed by atoms with Crippen LogP contribution in [-0.2, 0) is 4.74 Å². The minimum atomic E-state index is -3.15. The summed E-state index contributed by atoms with van der Waals surface area (Å²) in [6.07, 6.45) is -3.15. The van der Waals surface area contributed by atoms with E-state index in [1.54, 1.807) is 0 Å². The van der Waals surface area contributed by atoms with Gasteiger partial charge in [0.05, 0.1) is 18.6 Å². The molecule has 7 nitrogen and oxygen atoms in total. The number of rotatable bonds is 5. The highest BCUT2D eigenvalue weighted by Gasteiger charge is 2.30. The second kappa shape index (κ2) is 6.03. The van der Waals surface area contributed by atoms with Crippen molar-refractivity contribution in [2.24, 2.45) is 0 Å². The Morgan fingerprint density at radius 3 is 2.63 bits per heavy atom. The molecule has 0 aliphatic heterocycles. The third-order valence-corrected chi connectivity index (χ3v) is 2.09. The molecule has 0 aromatic carbocycles. The van der Waals surface area contributed by atoms with E-state index < -0.39 is 40.1 Å². The van der Waals surface area contributed by atoms with Gasteiger partial charge < -0.3 is 9.47 Å². The number of aromatic nitrogens is 1. The van der Waals surface area contributed by atoms with E-state index in [9.17, 15) is 23.7 Å². The number of nitrogens with zero attached hydrogens (tertiary/aromatic N) is 2. The Hall–Kier alpha value is -2.32. The molecule has 0 radical (unpaired) electrons. The van der Waals surface area contributed by atoms with E-state index in [-0.39, 0.29) is 6.61 Å². The van der Waals surface area contributed by atoms with Crippen LogP contribution < -0.4 is 4.74 Å².